The Morgan fingerprint density at radius 1 is 1.00 bits per heavy atom. The van der Waals surface area contributed by atoms with Crippen LogP contribution in [0.5, 0.6) is 11.5 Å². The number of para-hydroxylation sites is 1. The van der Waals surface area contributed by atoms with Crippen molar-refractivity contribution in [3.63, 3.8) is 0 Å². The Bertz CT molecular complexity index is 965. The van der Waals surface area contributed by atoms with E-state index < -0.39 is 21.4 Å². The molecule has 1 saturated heterocycles. The predicted octanol–water partition coefficient (Wildman–Crippen LogP) is 2.22. The topological polar surface area (TPSA) is 93.1 Å². The van der Waals surface area contributed by atoms with Crippen molar-refractivity contribution in [2.45, 2.75) is 23.2 Å². The van der Waals surface area contributed by atoms with Gasteiger partial charge in [0.1, 0.15) is 4.90 Å². The minimum atomic E-state index is -3.81. The number of nitrogens with zero attached hydrogens (tertiary/aromatic N) is 1. The lowest BCUT2D eigenvalue weighted by Gasteiger charge is -2.38. The third-order valence-electron chi connectivity index (χ3n) is 5.29. The monoisotopic (exact) mass is 389 g/mol. The minimum Gasteiger partial charge on any atom is -0.481 e. The molecule has 0 bridgehead atoms. The fourth-order valence-electron chi connectivity index (χ4n) is 3.74. The van der Waals surface area contributed by atoms with Gasteiger partial charge >= 0.3 is 5.97 Å². The van der Waals surface area contributed by atoms with Gasteiger partial charge in [0.2, 0.25) is 16.8 Å². The summed E-state index contributed by atoms with van der Waals surface area (Å²) in [5.74, 6) is -0.309. The number of sulfonamides is 1. The Balaban J connectivity index is 1.62. The van der Waals surface area contributed by atoms with Crippen molar-refractivity contribution in [3.8, 4) is 11.5 Å². The number of fused-ring (bicyclic) bond motifs is 1. The fraction of sp³-hybridized carbons (Fsp3) is 0.316. The molecule has 2 aromatic rings. The highest BCUT2D eigenvalue weighted by Crippen LogP contribution is 2.42. The second kappa shape index (κ2) is 6.54. The van der Waals surface area contributed by atoms with E-state index in [1.807, 2.05) is 6.07 Å². The van der Waals surface area contributed by atoms with Gasteiger partial charge in [-0.1, -0.05) is 36.4 Å². The number of hydrogen-bond donors (Lipinski definition) is 1. The number of hydrogen-bond acceptors (Lipinski definition) is 5. The molecule has 8 heteroatoms. The third kappa shape index (κ3) is 2.85. The standard InChI is InChI=1S/C19H19NO6S/c21-18(22)19(14-5-2-1-3-6-14)9-11-20(12-10-19)27(23,24)16-8-4-7-15-17(16)26-13-25-15/h1-8H,9-13H2,(H,21,22). The Hall–Kier alpha value is -2.58. The molecule has 2 aliphatic rings. The van der Waals surface area contributed by atoms with Gasteiger partial charge in [-0.2, -0.15) is 4.31 Å². The van der Waals surface area contributed by atoms with E-state index >= 15 is 0 Å². The van der Waals surface area contributed by atoms with Gasteiger partial charge in [-0.05, 0) is 30.5 Å². The molecule has 27 heavy (non-hydrogen) atoms. The Kier molecular flexibility index (Phi) is 4.32. The van der Waals surface area contributed by atoms with Crippen LogP contribution < -0.4 is 9.47 Å². The molecule has 142 valence electrons. The van der Waals surface area contributed by atoms with Crippen molar-refractivity contribution in [1.82, 2.24) is 4.31 Å². The molecule has 1 fully saturated rings. The zero-order chi connectivity index (χ0) is 19.1. The highest BCUT2D eigenvalue weighted by atomic mass is 32.2. The highest BCUT2D eigenvalue weighted by Gasteiger charge is 2.46. The van der Waals surface area contributed by atoms with Crippen LogP contribution in [0.15, 0.2) is 53.4 Å². The molecule has 0 saturated carbocycles. The number of aliphatic carboxylic acids is 1. The molecule has 0 amide bonds. The second-order valence-electron chi connectivity index (χ2n) is 6.65. The molecule has 2 aromatic carbocycles. The number of carbonyl (C=O) groups is 1. The maximum atomic E-state index is 13.1. The van der Waals surface area contributed by atoms with Crippen LogP contribution in [0.3, 0.4) is 0 Å². The Morgan fingerprint density at radius 2 is 1.70 bits per heavy atom. The first-order chi connectivity index (χ1) is 12.9. The molecule has 0 spiro atoms. The lowest BCUT2D eigenvalue weighted by atomic mass is 9.73. The van der Waals surface area contributed by atoms with Crippen LogP contribution >= 0.6 is 0 Å². The summed E-state index contributed by atoms with van der Waals surface area (Å²) in [6.07, 6.45) is 0.413. The van der Waals surface area contributed by atoms with E-state index in [0.29, 0.717) is 11.3 Å². The maximum Gasteiger partial charge on any atom is 0.314 e. The number of piperidine rings is 1. The summed E-state index contributed by atoms with van der Waals surface area (Å²) < 4.78 is 38.1. The first-order valence-corrected chi connectivity index (χ1v) is 10.1. The minimum absolute atomic E-state index is 0.0159. The van der Waals surface area contributed by atoms with E-state index in [1.165, 1.54) is 10.4 Å². The SMILES string of the molecule is O=C(O)C1(c2ccccc2)CCN(S(=O)(=O)c2cccc3c2OCO3)CC1. The van der Waals surface area contributed by atoms with Gasteiger partial charge in [0.15, 0.2) is 11.5 Å². The third-order valence-corrected chi connectivity index (χ3v) is 7.21. The second-order valence-corrected chi connectivity index (χ2v) is 8.55. The summed E-state index contributed by atoms with van der Waals surface area (Å²) in [4.78, 5) is 12.1. The van der Waals surface area contributed by atoms with Gasteiger partial charge in [0.25, 0.3) is 0 Å². The van der Waals surface area contributed by atoms with Crippen LogP contribution in [0, 0.1) is 0 Å². The molecular formula is C19H19NO6S. The van der Waals surface area contributed by atoms with Crippen molar-refractivity contribution in [3.05, 3.63) is 54.1 Å². The van der Waals surface area contributed by atoms with Crippen molar-refractivity contribution in [1.29, 1.82) is 0 Å². The van der Waals surface area contributed by atoms with E-state index in [2.05, 4.69) is 0 Å². The average molecular weight is 389 g/mol. The quantitative estimate of drug-likeness (QED) is 0.862. The summed E-state index contributed by atoms with van der Waals surface area (Å²) in [7, 11) is -3.81. The van der Waals surface area contributed by atoms with Gasteiger partial charge in [0, 0.05) is 13.1 Å². The van der Waals surface area contributed by atoms with E-state index in [4.69, 9.17) is 9.47 Å². The van der Waals surface area contributed by atoms with E-state index in [0.717, 1.165) is 0 Å². The van der Waals surface area contributed by atoms with E-state index in [1.54, 1.807) is 36.4 Å². The van der Waals surface area contributed by atoms with Crippen LogP contribution in [0.1, 0.15) is 18.4 Å². The normalized spacial score (nSPS) is 19.0. The van der Waals surface area contributed by atoms with Crippen molar-refractivity contribution in [2.24, 2.45) is 0 Å². The summed E-state index contributed by atoms with van der Waals surface area (Å²) in [5, 5.41) is 9.87. The van der Waals surface area contributed by atoms with Crippen molar-refractivity contribution >= 4 is 16.0 Å². The summed E-state index contributed by atoms with van der Waals surface area (Å²) in [5.41, 5.74) is -0.377. The summed E-state index contributed by atoms with van der Waals surface area (Å²) in [6.45, 7) is 0.222. The van der Waals surface area contributed by atoms with Crippen LogP contribution in [-0.4, -0.2) is 43.7 Å². The molecule has 7 nitrogen and oxygen atoms in total. The number of rotatable bonds is 4. The number of benzene rings is 2. The van der Waals surface area contributed by atoms with Crippen LogP contribution in [0.4, 0.5) is 0 Å². The Morgan fingerprint density at radius 3 is 2.37 bits per heavy atom. The molecule has 1 N–H and O–H groups in total. The van der Waals surface area contributed by atoms with Crippen molar-refractivity contribution in [2.75, 3.05) is 19.9 Å². The summed E-state index contributed by atoms with van der Waals surface area (Å²) in [6, 6.07) is 13.7. The van der Waals surface area contributed by atoms with E-state index in [9.17, 15) is 18.3 Å². The number of ether oxygens (including phenoxy) is 2. The van der Waals surface area contributed by atoms with Crippen LogP contribution in [-0.2, 0) is 20.2 Å². The smallest absolute Gasteiger partial charge is 0.314 e. The number of carboxylic acids is 1. The van der Waals surface area contributed by atoms with Gasteiger partial charge < -0.3 is 14.6 Å². The molecule has 0 aliphatic carbocycles. The molecule has 0 unspecified atom stereocenters. The zero-order valence-corrected chi connectivity index (χ0v) is 15.3. The van der Waals surface area contributed by atoms with Gasteiger partial charge in [-0.3, -0.25) is 4.79 Å². The lowest BCUT2D eigenvalue weighted by molar-refractivity contribution is -0.145. The number of carboxylic acid groups (broad SMARTS) is 1. The lowest BCUT2D eigenvalue weighted by Crippen LogP contribution is -2.49. The van der Waals surface area contributed by atoms with Crippen molar-refractivity contribution < 1.29 is 27.8 Å². The molecule has 0 atom stereocenters. The molecule has 0 aromatic heterocycles. The van der Waals surface area contributed by atoms with Gasteiger partial charge in [0.05, 0.1) is 5.41 Å². The zero-order valence-electron chi connectivity index (χ0n) is 14.5. The molecular weight excluding hydrogens is 370 g/mol. The molecule has 2 aliphatic heterocycles. The van der Waals surface area contributed by atoms with E-state index in [-0.39, 0.29) is 43.4 Å². The molecule has 0 radical (unpaired) electrons. The fourth-order valence-corrected chi connectivity index (χ4v) is 5.32. The largest absolute Gasteiger partial charge is 0.481 e. The first-order valence-electron chi connectivity index (χ1n) is 8.63. The Labute approximate surface area is 157 Å². The first kappa shape index (κ1) is 17.8. The predicted molar refractivity (Wildman–Crippen MR) is 96.3 cm³/mol. The molecule has 2 heterocycles. The highest BCUT2D eigenvalue weighted by molar-refractivity contribution is 7.89. The molecule has 4 rings (SSSR count). The maximum absolute atomic E-state index is 13.1. The summed E-state index contributed by atoms with van der Waals surface area (Å²) >= 11 is 0. The average Bonchev–Trinajstić information content (AvgIpc) is 3.17. The van der Waals surface area contributed by atoms with Gasteiger partial charge in [-0.25, -0.2) is 8.42 Å². The van der Waals surface area contributed by atoms with Crippen LogP contribution in [0.25, 0.3) is 0 Å². The van der Waals surface area contributed by atoms with Gasteiger partial charge in [-0.15, -0.1) is 0 Å². The van der Waals surface area contributed by atoms with Crippen LogP contribution in [0.2, 0.25) is 0 Å².